The number of likely N-dealkylation sites (tertiary alicyclic amines) is 1. The van der Waals surface area contributed by atoms with Crippen LogP contribution in [0.2, 0.25) is 0 Å². The zero-order valence-electron chi connectivity index (χ0n) is 13.3. The Kier molecular flexibility index (Phi) is 4.27. The molecule has 1 aromatic heterocycles. The van der Waals surface area contributed by atoms with Gasteiger partial charge in [0.05, 0.1) is 0 Å². The van der Waals surface area contributed by atoms with Crippen molar-refractivity contribution in [1.82, 2.24) is 14.5 Å². The van der Waals surface area contributed by atoms with Crippen LogP contribution in [-0.4, -0.2) is 33.4 Å². The highest BCUT2D eigenvalue weighted by molar-refractivity contribution is 5.75. The first-order valence-electron chi connectivity index (χ1n) is 8.07. The molecule has 4 heteroatoms. The van der Waals surface area contributed by atoms with E-state index in [9.17, 15) is 4.79 Å². The molecule has 2 heterocycles. The van der Waals surface area contributed by atoms with Crippen LogP contribution < -0.4 is 0 Å². The molecule has 22 heavy (non-hydrogen) atoms. The standard InChI is InChI=1S/C18H23N3O/c1-3-17(22)20-11-9-16(10-12-20)21-14(2)13-19-18(21)15-7-5-4-6-8-15/h4-8,13,16H,3,9-12H2,1-2H3. The van der Waals surface area contributed by atoms with Crippen molar-refractivity contribution in [2.75, 3.05) is 13.1 Å². The monoisotopic (exact) mass is 297 g/mol. The minimum absolute atomic E-state index is 0.268. The van der Waals surface area contributed by atoms with Gasteiger partial charge in [0.1, 0.15) is 5.82 Å². The van der Waals surface area contributed by atoms with Crippen LogP contribution in [0.3, 0.4) is 0 Å². The number of piperidine rings is 1. The quantitative estimate of drug-likeness (QED) is 0.870. The Morgan fingerprint density at radius 3 is 2.55 bits per heavy atom. The normalized spacial score (nSPS) is 16.0. The Morgan fingerprint density at radius 2 is 1.91 bits per heavy atom. The number of rotatable bonds is 3. The fraction of sp³-hybridized carbons (Fsp3) is 0.444. The molecule has 0 N–H and O–H groups in total. The molecule has 0 atom stereocenters. The number of hydrogen-bond donors (Lipinski definition) is 0. The van der Waals surface area contributed by atoms with Gasteiger partial charge < -0.3 is 9.47 Å². The smallest absolute Gasteiger partial charge is 0.222 e. The summed E-state index contributed by atoms with van der Waals surface area (Å²) >= 11 is 0. The molecule has 0 unspecified atom stereocenters. The zero-order chi connectivity index (χ0) is 15.5. The number of carbonyl (C=O) groups is 1. The van der Waals surface area contributed by atoms with E-state index in [1.54, 1.807) is 0 Å². The second-order valence-electron chi connectivity index (χ2n) is 5.92. The molecule has 1 fully saturated rings. The van der Waals surface area contributed by atoms with E-state index in [-0.39, 0.29) is 5.91 Å². The summed E-state index contributed by atoms with van der Waals surface area (Å²) in [5, 5.41) is 0. The topological polar surface area (TPSA) is 38.1 Å². The van der Waals surface area contributed by atoms with E-state index in [0.29, 0.717) is 12.5 Å². The van der Waals surface area contributed by atoms with Gasteiger partial charge in [0.15, 0.2) is 0 Å². The van der Waals surface area contributed by atoms with E-state index in [1.165, 1.54) is 5.69 Å². The second kappa shape index (κ2) is 6.34. The lowest BCUT2D eigenvalue weighted by Gasteiger charge is -2.33. The predicted octanol–water partition coefficient (Wildman–Crippen LogP) is 3.43. The van der Waals surface area contributed by atoms with E-state index in [2.05, 4.69) is 28.6 Å². The first-order valence-corrected chi connectivity index (χ1v) is 8.07. The summed E-state index contributed by atoms with van der Waals surface area (Å²) in [5.74, 6) is 1.31. The molecule has 1 amide bonds. The molecule has 2 aromatic rings. The van der Waals surface area contributed by atoms with Gasteiger partial charge in [0, 0.05) is 43.0 Å². The van der Waals surface area contributed by atoms with Crippen molar-refractivity contribution in [2.24, 2.45) is 0 Å². The van der Waals surface area contributed by atoms with Crippen molar-refractivity contribution in [3.8, 4) is 11.4 Å². The average molecular weight is 297 g/mol. The van der Waals surface area contributed by atoms with E-state index >= 15 is 0 Å². The molecule has 116 valence electrons. The summed E-state index contributed by atoms with van der Waals surface area (Å²) in [6.07, 6.45) is 4.56. The molecule has 0 bridgehead atoms. The van der Waals surface area contributed by atoms with E-state index in [4.69, 9.17) is 0 Å². The fourth-order valence-electron chi connectivity index (χ4n) is 3.30. The van der Waals surface area contributed by atoms with Crippen LogP contribution >= 0.6 is 0 Å². The molecule has 0 spiro atoms. The lowest BCUT2D eigenvalue weighted by atomic mass is 10.0. The average Bonchev–Trinajstić information content (AvgIpc) is 2.96. The SMILES string of the molecule is CCC(=O)N1CCC(n2c(C)cnc2-c2ccccc2)CC1. The van der Waals surface area contributed by atoms with Crippen LogP contribution in [0.5, 0.6) is 0 Å². The number of amides is 1. The van der Waals surface area contributed by atoms with Gasteiger partial charge in [0.25, 0.3) is 0 Å². The fourth-order valence-corrected chi connectivity index (χ4v) is 3.30. The third-order valence-corrected chi connectivity index (χ3v) is 4.50. The van der Waals surface area contributed by atoms with Crippen molar-refractivity contribution in [3.05, 3.63) is 42.2 Å². The zero-order valence-corrected chi connectivity index (χ0v) is 13.3. The van der Waals surface area contributed by atoms with Gasteiger partial charge in [0.2, 0.25) is 5.91 Å². The molecule has 4 nitrogen and oxygen atoms in total. The van der Waals surface area contributed by atoms with Crippen LogP contribution in [0.25, 0.3) is 11.4 Å². The van der Waals surface area contributed by atoms with Gasteiger partial charge in [-0.1, -0.05) is 37.3 Å². The predicted molar refractivity (Wildman–Crippen MR) is 87.5 cm³/mol. The molecule has 1 aliphatic rings. The molecule has 0 radical (unpaired) electrons. The Hall–Kier alpha value is -2.10. The highest BCUT2D eigenvalue weighted by Crippen LogP contribution is 2.30. The maximum Gasteiger partial charge on any atom is 0.222 e. The largest absolute Gasteiger partial charge is 0.343 e. The Bertz CT molecular complexity index is 640. The van der Waals surface area contributed by atoms with Crippen LogP contribution in [0.4, 0.5) is 0 Å². The molecule has 1 saturated heterocycles. The number of benzene rings is 1. The molecule has 1 aliphatic heterocycles. The van der Waals surface area contributed by atoms with Gasteiger partial charge in [-0.05, 0) is 19.8 Å². The number of carbonyl (C=O) groups excluding carboxylic acids is 1. The second-order valence-corrected chi connectivity index (χ2v) is 5.92. The Morgan fingerprint density at radius 1 is 1.23 bits per heavy atom. The van der Waals surface area contributed by atoms with Crippen molar-refractivity contribution in [1.29, 1.82) is 0 Å². The summed E-state index contributed by atoms with van der Waals surface area (Å²) in [5.41, 5.74) is 2.35. The van der Waals surface area contributed by atoms with Gasteiger partial charge in [-0.3, -0.25) is 4.79 Å². The molecule has 1 aromatic carbocycles. The van der Waals surface area contributed by atoms with Crippen molar-refractivity contribution >= 4 is 5.91 Å². The molecule has 0 saturated carbocycles. The summed E-state index contributed by atoms with van der Waals surface area (Å²) in [4.78, 5) is 18.4. The minimum atomic E-state index is 0.268. The summed E-state index contributed by atoms with van der Waals surface area (Å²) in [7, 11) is 0. The summed E-state index contributed by atoms with van der Waals surface area (Å²) in [6, 6.07) is 10.8. The van der Waals surface area contributed by atoms with E-state index in [1.807, 2.05) is 36.2 Å². The lowest BCUT2D eigenvalue weighted by Crippen LogP contribution is -2.38. The summed E-state index contributed by atoms with van der Waals surface area (Å²) in [6.45, 7) is 5.75. The highest BCUT2D eigenvalue weighted by atomic mass is 16.2. The number of aryl methyl sites for hydroxylation is 1. The van der Waals surface area contributed by atoms with Crippen molar-refractivity contribution < 1.29 is 4.79 Å². The molecular weight excluding hydrogens is 274 g/mol. The molecule has 3 rings (SSSR count). The third kappa shape index (κ3) is 2.78. The first kappa shape index (κ1) is 14.8. The Labute approximate surface area is 131 Å². The third-order valence-electron chi connectivity index (χ3n) is 4.50. The minimum Gasteiger partial charge on any atom is -0.343 e. The summed E-state index contributed by atoms with van der Waals surface area (Å²) < 4.78 is 2.35. The van der Waals surface area contributed by atoms with Crippen LogP contribution in [0.15, 0.2) is 36.5 Å². The number of nitrogens with zero attached hydrogens (tertiary/aromatic N) is 3. The Balaban J connectivity index is 1.82. The highest BCUT2D eigenvalue weighted by Gasteiger charge is 2.25. The molecular formula is C18H23N3O. The van der Waals surface area contributed by atoms with Gasteiger partial charge in [-0.25, -0.2) is 4.98 Å². The van der Waals surface area contributed by atoms with Gasteiger partial charge >= 0.3 is 0 Å². The first-order chi connectivity index (χ1) is 10.7. The number of imidazole rings is 1. The van der Waals surface area contributed by atoms with E-state index < -0.39 is 0 Å². The maximum atomic E-state index is 11.8. The van der Waals surface area contributed by atoms with Crippen molar-refractivity contribution in [3.63, 3.8) is 0 Å². The van der Waals surface area contributed by atoms with Crippen molar-refractivity contribution in [2.45, 2.75) is 39.2 Å². The molecule has 0 aliphatic carbocycles. The maximum absolute atomic E-state index is 11.8. The van der Waals surface area contributed by atoms with Crippen LogP contribution in [-0.2, 0) is 4.79 Å². The van der Waals surface area contributed by atoms with Crippen LogP contribution in [0.1, 0.15) is 37.9 Å². The van der Waals surface area contributed by atoms with E-state index in [0.717, 1.165) is 37.3 Å². The van der Waals surface area contributed by atoms with Gasteiger partial charge in [-0.2, -0.15) is 0 Å². The number of aromatic nitrogens is 2. The van der Waals surface area contributed by atoms with Crippen LogP contribution in [0, 0.1) is 6.92 Å². The lowest BCUT2D eigenvalue weighted by molar-refractivity contribution is -0.132. The van der Waals surface area contributed by atoms with Gasteiger partial charge in [-0.15, -0.1) is 0 Å². The number of hydrogen-bond acceptors (Lipinski definition) is 2.